The summed E-state index contributed by atoms with van der Waals surface area (Å²) in [5.74, 6) is 0. The van der Waals surface area contributed by atoms with Crippen LogP contribution in [0.5, 0.6) is 0 Å². The maximum absolute atomic E-state index is 8.91. The van der Waals surface area contributed by atoms with Crippen molar-refractivity contribution in [3.63, 3.8) is 0 Å². The fraction of sp³-hybridized carbons (Fsp3) is 0.583. The normalized spacial score (nSPS) is 16.4. The van der Waals surface area contributed by atoms with Gasteiger partial charge in [-0.1, -0.05) is 6.92 Å². The summed E-state index contributed by atoms with van der Waals surface area (Å²) in [4.78, 5) is 6.71. The zero-order valence-electron chi connectivity index (χ0n) is 9.24. The van der Waals surface area contributed by atoms with E-state index in [1.807, 2.05) is 6.20 Å². The van der Waals surface area contributed by atoms with Crippen LogP contribution in [0.1, 0.15) is 23.7 Å². The molecule has 0 saturated carbocycles. The molecule has 1 aromatic rings. The van der Waals surface area contributed by atoms with Crippen molar-refractivity contribution in [3.8, 4) is 0 Å². The van der Waals surface area contributed by atoms with Gasteiger partial charge in [-0.05, 0) is 30.0 Å². The number of hydrogen-bond donors (Lipinski definition) is 1. The number of fused-ring (bicyclic) bond motifs is 1. The summed E-state index contributed by atoms with van der Waals surface area (Å²) in [6.45, 7) is 5.17. The Morgan fingerprint density at radius 3 is 3.07 bits per heavy atom. The summed E-state index contributed by atoms with van der Waals surface area (Å²) in [7, 11) is 0. The Balaban J connectivity index is 2.16. The van der Waals surface area contributed by atoms with E-state index in [4.69, 9.17) is 5.11 Å². The predicted molar refractivity (Wildman–Crippen MR) is 59.7 cm³/mol. The molecule has 0 aliphatic carbocycles. The SMILES string of the molecule is CCc1cc2c(cn1)CCN(CCO)C2. The molecular formula is C12H18N2O. The second-order valence-corrected chi connectivity index (χ2v) is 4.05. The average Bonchev–Trinajstić information content (AvgIpc) is 2.28. The van der Waals surface area contributed by atoms with Crippen LogP contribution in [0, 0.1) is 0 Å². The van der Waals surface area contributed by atoms with Gasteiger partial charge in [0.15, 0.2) is 0 Å². The van der Waals surface area contributed by atoms with E-state index in [1.165, 1.54) is 16.8 Å². The van der Waals surface area contributed by atoms with Crippen molar-refractivity contribution in [3.05, 3.63) is 29.1 Å². The van der Waals surface area contributed by atoms with Gasteiger partial charge in [0, 0.05) is 31.5 Å². The minimum Gasteiger partial charge on any atom is -0.395 e. The predicted octanol–water partition coefficient (Wildman–Crippen LogP) is 0.994. The number of hydrogen-bond acceptors (Lipinski definition) is 3. The lowest BCUT2D eigenvalue weighted by Crippen LogP contribution is -2.32. The van der Waals surface area contributed by atoms with Crippen molar-refractivity contribution in [1.29, 1.82) is 0 Å². The molecule has 0 amide bonds. The van der Waals surface area contributed by atoms with Gasteiger partial charge in [0.05, 0.1) is 6.61 Å². The summed E-state index contributed by atoms with van der Waals surface area (Å²) in [6, 6.07) is 2.21. The first-order chi connectivity index (χ1) is 7.33. The summed E-state index contributed by atoms with van der Waals surface area (Å²) < 4.78 is 0. The number of aliphatic hydroxyl groups is 1. The molecule has 1 aliphatic heterocycles. The Hall–Kier alpha value is -0.930. The molecule has 0 spiro atoms. The van der Waals surface area contributed by atoms with Gasteiger partial charge in [0.1, 0.15) is 0 Å². The van der Waals surface area contributed by atoms with Gasteiger partial charge in [-0.15, -0.1) is 0 Å². The number of β-amino-alcohol motifs (C(OH)–C–C–N with tert-alkyl or cyclic N) is 1. The minimum atomic E-state index is 0.251. The van der Waals surface area contributed by atoms with Crippen LogP contribution in [-0.4, -0.2) is 34.7 Å². The smallest absolute Gasteiger partial charge is 0.0558 e. The second-order valence-electron chi connectivity index (χ2n) is 4.05. The van der Waals surface area contributed by atoms with Gasteiger partial charge in [-0.3, -0.25) is 9.88 Å². The number of rotatable bonds is 3. The molecular weight excluding hydrogens is 188 g/mol. The van der Waals surface area contributed by atoms with E-state index in [-0.39, 0.29) is 6.61 Å². The van der Waals surface area contributed by atoms with Crippen molar-refractivity contribution in [1.82, 2.24) is 9.88 Å². The summed E-state index contributed by atoms with van der Waals surface area (Å²) in [5.41, 5.74) is 3.93. The van der Waals surface area contributed by atoms with E-state index in [1.54, 1.807) is 0 Å². The lowest BCUT2D eigenvalue weighted by Gasteiger charge is -2.28. The zero-order valence-corrected chi connectivity index (χ0v) is 9.24. The highest BCUT2D eigenvalue weighted by molar-refractivity contribution is 5.28. The number of nitrogens with zero attached hydrogens (tertiary/aromatic N) is 2. The monoisotopic (exact) mass is 206 g/mol. The quantitative estimate of drug-likeness (QED) is 0.801. The molecule has 82 valence electrons. The van der Waals surface area contributed by atoms with Crippen LogP contribution in [0.3, 0.4) is 0 Å². The first-order valence-corrected chi connectivity index (χ1v) is 5.63. The average molecular weight is 206 g/mol. The largest absolute Gasteiger partial charge is 0.395 e. The molecule has 2 heterocycles. The lowest BCUT2D eigenvalue weighted by molar-refractivity contribution is 0.184. The van der Waals surface area contributed by atoms with Gasteiger partial charge in [0.25, 0.3) is 0 Å². The first-order valence-electron chi connectivity index (χ1n) is 5.63. The Kier molecular flexibility index (Phi) is 3.34. The van der Waals surface area contributed by atoms with Crippen LogP contribution in [0.4, 0.5) is 0 Å². The number of aryl methyl sites for hydroxylation is 1. The van der Waals surface area contributed by atoms with E-state index in [9.17, 15) is 0 Å². The number of pyridine rings is 1. The van der Waals surface area contributed by atoms with E-state index in [0.717, 1.165) is 32.5 Å². The molecule has 15 heavy (non-hydrogen) atoms. The first kappa shape index (κ1) is 10.6. The fourth-order valence-corrected chi connectivity index (χ4v) is 2.07. The Labute approximate surface area is 90.8 Å². The maximum atomic E-state index is 8.91. The molecule has 0 aromatic carbocycles. The van der Waals surface area contributed by atoms with Gasteiger partial charge < -0.3 is 5.11 Å². The number of aliphatic hydroxyl groups excluding tert-OH is 1. The van der Waals surface area contributed by atoms with Crippen molar-refractivity contribution >= 4 is 0 Å². The molecule has 0 bridgehead atoms. The van der Waals surface area contributed by atoms with Crippen LogP contribution in [0.25, 0.3) is 0 Å². The molecule has 3 heteroatoms. The summed E-state index contributed by atoms with van der Waals surface area (Å²) >= 11 is 0. The Bertz CT molecular complexity index is 338. The van der Waals surface area contributed by atoms with Crippen molar-refractivity contribution in [2.24, 2.45) is 0 Å². The van der Waals surface area contributed by atoms with Gasteiger partial charge in [-0.2, -0.15) is 0 Å². The highest BCUT2D eigenvalue weighted by Gasteiger charge is 2.15. The topological polar surface area (TPSA) is 36.4 Å². The van der Waals surface area contributed by atoms with Crippen molar-refractivity contribution in [2.45, 2.75) is 26.3 Å². The fourth-order valence-electron chi connectivity index (χ4n) is 2.07. The minimum absolute atomic E-state index is 0.251. The Morgan fingerprint density at radius 2 is 2.33 bits per heavy atom. The standard InChI is InChI=1S/C12H18N2O/c1-2-12-7-11-9-14(5-6-15)4-3-10(11)8-13-12/h7-8,15H,2-6,9H2,1H3. The highest BCUT2D eigenvalue weighted by atomic mass is 16.3. The van der Waals surface area contributed by atoms with E-state index in [0.29, 0.717) is 0 Å². The molecule has 2 rings (SSSR count). The van der Waals surface area contributed by atoms with Crippen LogP contribution in [0.2, 0.25) is 0 Å². The molecule has 1 aromatic heterocycles. The number of aromatic nitrogens is 1. The lowest BCUT2D eigenvalue weighted by atomic mass is 10.0. The molecule has 1 N–H and O–H groups in total. The molecule has 1 aliphatic rings. The van der Waals surface area contributed by atoms with E-state index in [2.05, 4.69) is 22.9 Å². The summed E-state index contributed by atoms with van der Waals surface area (Å²) in [6.07, 6.45) is 4.07. The van der Waals surface area contributed by atoms with Crippen LogP contribution in [0.15, 0.2) is 12.3 Å². The second kappa shape index (κ2) is 4.73. The highest BCUT2D eigenvalue weighted by Crippen LogP contribution is 2.18. The van der Waals surface area contributed by atoms with Crippen LogP contribution >= 0.6 is 0 Å². The molecule has 0 radical (unpaired) electrons. The van der Waals surface area contributed by atoms with Crippen LogP contribution < -0.4 is 0 Å². The zero-order chi connectivity index (χ0) is 10.7. The molecule has 0 unspecified atom stereocenters. The van der Waals surface area contributed by atoms with E-state index < -0.39 is 0 Å². The Morgan fingerprint density at radius 1 is 1.47 bits per heavy atom. The van der Waals surface area contributed by atoms with Gasteiger partial charge in [-0.25, -0.2) is 0 Å². The molecule has 0 saturated heterocycles. The molecule has 3 nitrogen and oxygen atoms in total. The van der Waals surface area contributed by atoms with Crippen molar-refractivity contribution < 1.29 is 5.11 Å². The van der Waals surface area contributed by atoms with Gasteiger partial charge in [0.2, 0.25) is 0 Å². The maximum Gasteiger partial charge on any atom is 0.0558 e. The molecule has 0 atom stereocenters. The third-order valence-electron chi connectivity index (χ3n) is 3.01. The van der Waals surface area contributed by atoms with Crippen molar-refractivity contribution in [2.75, 3.05) is 19.7 Å². The summed E-state index contributed by atoms with van der Waals surface area (Å²) in [5, 5.41) is 8.91. The third kappa shape index (κ3) is 2.36. The van der Waals surface area contributed by atoms with Crippen LogP contribution in [-0.2, 0) is 19.4 Å². The molecule has 0 fully saturated rings. The van der Waals surface area contributed by atoms with E-state index >= 15 is 0 Å². The third-order valence-corrected chi connectivity index (χ3v) is 3.01. The van der Waals surface area contributed by atoms with Gasteiger partial charge >= 0.3 is 0 Å².